The van der Waals surface area contributed by atoms with Gasteiger partial charge in [0.2, 0.25) is 0 Å². The molecule has 0 atom stereocenters. The second-order valence-electron chi connectivity index (χ2n) is 2.66. The first-order valence-corrected chi connectivity index (χ1v) is 5.00. The van der Waals surface area contributed by atoms with Gasteiger partial charge in [0.25, 0.3) is 0 Å². The van der Waals surface area contributed by atoms with Crippen molar-refractivity contribution in [3.8, 4) is 0 Å². The molecule has 1 heterocycles. The molecule has 0 amide bonds. The Morgan fingerprint density at radius 2 is 2.33 bits per heavy atom. The molecule has 1 aromatic carbocycles. The van der Waals surface area contributed by atoms with E-state index in [0.717, 1.165) is 6.54 Å². The van der Waals surface area contributed by atoms with E-state index in [1.54, 1.807) is 0 Å². The van der Waals surface area contributed by atoms with Gasteiger partial charge in [0.15, 0.2) is 0 Å². The predicted octanol–water partition coefficient (Wildman–Crippen LogP) is 2.66. The highest BCUT2D eigenvalue weighted by molar-refractivity contribution is 14.1. The number of fused-ring (bicyclic) bond motifs is 1. The second kappa shape index (κ2) is 3.05. The first-order chi connectivity index (χ1) is 5.81. The third-order valence-corrected chi connectivity index (χ3v) is 2.58. The average Bonchev–Trinajstić information content (AvgIpc) is 2.46. The Morgan fingerprint density at radius 1 is 1.50 bits per heavy atom. The molecule has 12 heavy (non-hydrogen) atoms. The van der Waals surface area contributed by atoms with Crippen LogP contribution < -0.4 is 0 Å². The molecule has 62 valence electrons. The van der Waals surface area contributed by atoms with E-state index in [0.29, 0.717) is 0 Å². The fourth-order valence-electron chi connectivity index (χ4n) is 1.30. The van der Waals surface area contributed by atoms with E-state index in [2.05, 4.69) is 52.8 Å². The van der Waals surface area contributed by atoms with Gasteiger partial charge in [-0.05, 0) is 41.6 Å². The number of hydrogen-bond donors (Lipinski definition) is 0. The maximum absolute atomic E-state index is 4.27. The molecule has 0 saturated heterocycles. The number of aromatic nitrogens is 2. The minimum atomic E-state index is 0.934. The van der Waals surface area contributed by atoms with Crippen LogP contribution in [-0.4, -0.2) is 9.78 Å². The smallest absolute Gasteiger partial charge is 0.0692 e. The third kappa shape index (κ3) is 1.22. The molecule has 0 aliphatic heterocycles. The lowest BCUT2D eigenvalue weighted by Crippen LogP contribution is -1.94. The molecule has 3 heteroatoms. The van der Waals surface area contributed by atoms with Gasteiger partial charge in [0.05, 0.1) is 11.7 Å². The van der Waals surface area contributed by atoms with Crippen LogP contribution in [0.4, 0.5) is 0 Å². The van der Waals surface area contributed by atoms with Crippen molar-refractivity contribution in [2.75, 3.05) is 0 Å². The zero-order valence-electron chi connectivity index (χ0n) is 6.79. The van der Waals surface area contributed by atoms with E-state index in [-0.39, 0.29) is 0 Å². The van der Waals surface area contributed by atoms with Crippen molar-refractivity contribution in [2.24, 2.45) is 0 Å². The van der Waals surface area contributed by atoms with Crippen LogP contribution in [0, 0.1) is 3.57 Å². The number of rotatable bonds is 1. The summed E-state index contributed by atoms with van der Waals surface area (Å²) in [6.07, 6.45) is 1.91. The van der Waals surface area contributed by atoms with Crippen molar-refractivity contribution in [1.29, 1.82) is 0 Å². The molecule has 0 unspecified atom stereocenters. The Hall–Kier alpha value is -0.580. The van der Waals surface area contributed by atoms with Gasteiger partial charge in [0, 0.05) is 15.5 Å². The largest absolute Gasteiger partial charge is 0.265 e. The number of halogens is 1. The number of benzene rings is 1. The molecule has 0 spiro atoms. The lowest BCUT2D eigenvalue weighted by atomic mass is 10.3. The fourth-order valence-corrected chi connectivity index (χ4v) is 1.77. The summed E-state index contributed by atoms with van der Waals surface area (Å²) in [5, 5.41) is 5.49. The van der Waals surface area contributed by atoms with Crippen molar-refractivity contribution >= 4 is 33.5 Å². The quantitative estimate of drug-likeness (QED) is 0.730. The molecule has 0 N–H and O–H groups in total. The van der Waals surface area contributed by atoms with Gasteiger partial charge in [-0.2, -0.15) is 5.10 Å². The van der Waals surface area contributed by atoms with Gasteiger partial charge in [-0.3, -0.25) is 4.68 Å². The Bertz CT molecular complexity index is 406. The maximum Gasteiger partial charge on any atom is 0.0692 e. The van der Waals surface area contributed by atoms with Crippen LogP contribution in [-0.2, 0) is 6.54 Å². The lowest BCUT2D eigenvalue weighted by Gasteiger charge is -1.97. The van der Waals surface area contributed by atoms with Gasteiger partial charge in [-0.25, -0.2) is 0 Å². The Morgan fingerprint density at radius 3 is 3.08 bits per heavy atom. The number of nitrogens with zero attached hydrogens (tertiary/aromatic N) is 2. The van der Waals surface area contributed by atoms with E-state index >= 15 is 0 Å². The molecule has 0 saturated carbocycles. The second-order valence-corrected chi connectivity index (χ2v) is 3.91. The third-order valence-electron chi connectivity index (χ3n) is 1.91. The summed E-state index contributed by atoms with van der Waals surface area (Å²) in [7, 11) is 0. The lowest BCUT2D eigenvalue weighted by molar-refractivity contribution is 0.684. The molecule has 0 aliphatic carbocycles. The van der Waals surface area contributed by atoms with E-state index in [1.807, 2.05) is 10.9 Å². The van der Waals surface area contributed by atoms with Gasteiger partial charge >= 0.3 is 0 Å². The van der Waals surface area contributed by atoms with E-state index < -0.39 is 0 Å². The van der Waals surface area contributed by atoms with Crippen LogP contribution in [0.15, 0.2) is 24.4 Å². The SMILES string of the molecule is CCn1ncc2ccc(I)cc21. The van der Waals surface area contributed by atoms with E-state index in [1.165, 1.54) is 14.5 Å². The van der Waals surface area contributed by atoms with Crippen molar-refractivity contribution in [3.63, 3.8) is 0 Å². The molecule has 1 aromatic heterocycles. The van der Waals surface area contributed by atoms with Gasteiger partial charge in [0.1, 0.15) is 0 Å². The van der Waals surface area contributed by atoms with Crippen molar-refractivity contribution in [1.82, 2.24) is 9.78 Å². The molecule has 2 aromatic rings. The molecule has 2 nitrogen and oxygen atoms in total. The van der Waals surface area contributed by atoms with E-state index in [4.69, 9.17) is 0 Å². The summed E-state index contributed by atoms with van der Waals surface area (Å²) < 4.78 is 3.27. The summed E-state index contributed by atoms with van der Waals surface area (Å²) in [5.74, 6) is 0. The van der Waals surface area contributed by atoms with Crippen molar-refractivity contribution < 1.29 is 0 Å². The topological polar surface area (TPSA) is 17.8 Å². The van der Waals surface area contributed by atoms with Crippen LogP contribution in [0.2, 0.25) is 0 Å². The van der Waals surface area contributed by atoms with Gasteiger partial charge < -0.3 is 0 Å². The number of aryl methyl sites for hydroxylation is 1. The summed E-state index contributed by atoms with van der Waals surface area (Å²) in [6, 6.07) is 6.37. The fraction of sp³-hybridized carbons (Fsp3) is 0.222. The summed E-state index contributed by atoms with van der Waals surface area (Å²) in [4.78, 5) is 0. The molecule has 0 bridgehead atoms. The van der Waals surface area contributed by atoms with Gasteiger partial charge in [-0.1, -0.05) is 6.07 Å². The van der Waals surface area contributed by atoms with Crippen LogP contribution in [0.25, 0.3) is 10.9 Å². The Balaban J connectivity index is 2.75. The van der Waals surface area contributed by atoms with Gasteiger partial charge in [-0.15, -0.1) is 0 Å². The zero-order chi connectivity index (χ0) is 8.55. The van der Waals surface area contributed by atoms with Crippen LogP contribution >= 0.6 is 22.6 Å². The van der Waals surface area contributed by atoms with Crippen LogP contribution in [0.5, 0.6) is 0 Å². The Labute approximate surface area is 84.7 Å². The highest BCUT2D eigenvalue weighted by atomic mass is 127. The summed E-state index contributed by atoms with van der Waals surface area (Å²) >= 11 is 2.32. The highest BCUT2D eigenvalue weighted by Crippen LogP contribution is 2.16. The van der Waals surface area contributed by atoms with Crippen LogP contribution in [0.3, 0.4) is 0 Å². The minimum absolute atomic E-state index is 0.934. The summed E-state index contributed by atoms with van der Waals surface area (Å²) in [6.45, 7) is 3.04. The molecule has 0 aliphatic rings. The van der Waals surface area contributed by atoms with Crippen LogP contribution in [0.1, 0.15) is 6.92 Å². The molecule has 0 fully saturated rings. The Kier molecular flexibility index (Phi) is 2.04. The highest BCUT2D eigenvalue weighted by Gasteiger charge is 1.99. The normalized spacial score (nSPS) is 10.8. The van der Waals surface area contributed by atoms with E-state index in [9.17, 15) is 0 Å². The molecule has 2 rings (SSSR count). The standard InChI is InChI=1S/C9H9IN2/c1-2-12-9-5-8(10)4-3-7(9)6-11-12/h3-6H,2H2,1H3. The predicted molar refractivity (Wildman–Crippen MR) is 58.1 cm³/mol. The average molecular weight is 272 g/mol. The molecular formula is C9H9IN2. The van der Waals surface area contributed by atoms with Crippen molar-refractivity contribution in [2.45, 2.75) is 13.5 Å². The molecular weight excluding hydrogens is 263 g/mol. The first kappa shape index (κ1) is 8.04. The molecule has 0 radical (unpaired) electrons. The van der Waals surface area contributed by atoms with Crippen molar-refractivity contribution in [3.05, 3.63) is 28.0 Å². The maximum atomic E-state index is 4.27. The first-order valence-electron chi connectivity index (χ1n) is 3.92. The minimum Gasteiger partial charge on any atom is -0.265 e. The summed E-state index contributed by atoms with van der Waals surface area (Å²) in [5.41, 5.74) is 1.23. The zero-order valence-corrected chi connectivity index (χ0v) is 8.95. The number of hydrogen-bond acceptors (Lipinski definition) is 1. The monoisotopic (exact) mass is 272 g/mol.